The molecule has 0 aliphatic rings. The molecule has 4 N–H and O–H groups in total. The van der Waals surface area contributed by atoms with E-state index < -0.39 is 10.0 Å². The van der Waals surface area contributed by atoms with Crippen molar-refractivity contribution >= 4 is 21.7 Å². The van der Waals surface area contributed by atoms with Crippen LogP contribution < -0.4 is 15.8 Å². The van der Waals surface area contributed by atoms with Crippen molar-refractivity contribution in [2.24, 2.45) is 10.7 Å². The summed E-state index contributed by atoms with van der Waals surface area (Å²) in [6.45, 7) is 4.60. The molecule has 0 amide bonds. The van der Waals surface area contributed by atoms with Gasteiger partial charge in [0.2, 0.25) is 10.0 Å². The van der Waals surface area contributed by atoms with Crippen LogP contribution in [0, 0.1) is 0 Å². The summed E-state index contributed by atoms with van der Waals surface area (Å²) >= 11 is 0. The Labute approximate surface area is 155 Å². The van der Waals surface area contributed by atoms with Crippen LogP contribution in [-0.2, 0) is 22.9 Å². The van der Waals surface area contributed by atoms with Crippen molar-refractivity contribution in [2.45, 2.75) is 31.6 Å². The van der Waals surface area contributed by atoms with Gasteiger partial charge in [-0.3, -0.25) is 4.99 Å². The molecule has 0 aromatic heterocycles. The van der Waals surface area contributed by atoms with Gasteiger partial charge >= 0.3 is 0 Å². The monoisotopic (exact) mass is 374 g/mol. The highest BCUT2D eigenvalue weighted by Gasteiger charge is 2.12. The standard InChI is InChI=1S/C19H26N4O2S/c1-3-15-9-8-10-16(4-2)18(15)23-19(20)21-13-14-22-26(24,25)17-11-6-5-7-12-17/h5-12,22H,3-4,13-14H2,1-2H3,(H3,20,21,23). The average molecular weight is 375 g/mol. The van der Waals surface area contributed by atoms with Crippen LogP contribution in [0.3, 0.4) is 0 Å². The van der Waals surface area contributed by atoms with Crippen LogP contribution in [0.25, 0.3) is 0 Å². The lowest BCUT2D eigenvalue weighted by Gasteiger charge is -2.14. The van der Waals surface area contributed by atoms with Crippen LogP contribution in [0.2, 0.25) is 0 Å². The van der Waals surface area contributed by atoms with Gasteiger partial charge in [0.05, 0.1) is 11.4 Å². The Bertz CT molecular complexity index is 827. The number of nitrogens with zero attached hydrogens (tertiary/aromatic N) is 1. The number of hydrogen-bond donors (Lipinski definition) is 3. The first-order chi connectivity index (χ1) is 12.5. The predicted octanol–water partition coefficient (Wildman–Crippen LogP) is 2.52. The topological polar surface area (TPSA) is 96.6 Å². The summed E-state index contributed by atoms with van der Waals surface area (Å²) < 4.78 is 26.8. The van der Waals surface area contributed by atoms with Crippen LogP contribution in [0.15, 0.2) is 58.4 Å². The maximum Gasteiger partial charge on any atom is 0.240 e. The Balaban J connectivity index is 1.96. The quantitative estimate of drug-likeness (QED) is 0.376. The molecule has 0 aliphatic heterocycles. The molecular formula is C19H26N4O2S. The first-order valence-electron chi connectivity index (χ1n) is 8.70. The summed E-state index contributed by atoms with van der Waals surface area (Å²) in [5.74, 6) is 0.277. The van der Waals surface area contributed by atoms with Crippen molar-refractivity contribution in [1.29, 1.82) is 0 Å². The van der Waals surface area contributed by atoms with Gasteiger partial charge in [0.15, 0.2) is 5.96 Å². The van der Waals surface area contributed by atoms with Crippen LogP contribution in [-0.4, -0.2) is 27.5 Å². The summed E-state index contributed by atoms with van der Waals surface area (Å²) in [5.41, 5.74) is 9.31. The molecule has 0 radical (unpaired) electrons. The fourth-order valence-electron chi connectivity index (χ4n) is 2.61. The highest BCUT2D eigenvalue weighted by Crippen LogP contribution is 2.22. The molecule has 0 bridgehead atoms. The van der Waals surface area contributed by atoms with E-state index in [1.807, 2.05) is 6.07 Å². The molecule has 2 aromatic carbocycles. The van der Waals surface area contributed by atoms with E-state index in [1.165, 1.54) is 11.1 Å². The molecule has 0 saturated carbocycles. The fourth-order valence-corrected chi connectivity index (χ4v) is 3.65. The summed E-state index contributed by atoms with van der Waals surface area (Å²) in [5, 5.41) is 3.16. The smallest absolute Gasteiger partial charge is 0.240 e. The number of hydrogen-bond acceptors (Lipinski definition) is 3. The molecule has 2 aromatic rings. The van der Waals surface area contributed by atoms with Gasteiger partial charge in [0.25, 0.3) is 0 Å². The fraction of sp³-hybridized carbons (Fsp3) is 0.316. The van der Waals surface area contributed by atoms with Crippen LogP contribution in [0.1, 0.15) is 25.0 Å². The maximum atomic E-state index is 12.1. The Morgan fingerprint density at radius 2 is 1.62 bits per heavy atom. The largest absolute Gasteiger partial charge is 0.370 e. The van der Waals surface area contributed by atoms with E-state index >= 15 is 0 Å². The highest BCUT2D eigenvalue weighted by molar-refractivity contribution is 7.89. The minimum atomic E-state index is -3.52. The van der Waals surface area contributed by atoms with Gasteiger partial charge < -0.3 is 11.1 Å². The third kappa shape index (κ3) is 5.31. The van der Waals surface area contributed by atoms with E-state index in [-0.39, 0.29) is 23.9 Å². The lowest BCUT2D eigenvalue weighted by molar-refractivity contribution is 0.582. The van der Waals surface area contributed by atoms with Gasteiger partial charge in [-0.05, 0) is 36.1 Å². The summed E-state index contributed by atoms with van der Waals surface area (Å²) in [4.78, 5) is 4.46. The molecule has 0 heterocycles. The minimum absolute atomic E-state index is 0.176. The summed E-state index contributed by atoms with van der Waals surface area (Å²) in [7, 11) is -3.52. The lowest BCUT2D eigenvalue weighted by Crippen LogP contribution is -2.29. The molecule has 0 atom stereocenters. The van der Waals surface area contributed by atoms with Gasteiger partial charge in [-0.25, -0.2) is 13.1 Å². The van der Waals surface area contributed by atoms with E-state index in [2.05, 4.69) is 41.0 Å². The third-order valence-electron chi connectivity index (χ3n) is 3.99. The second kappa shape index (κ2) is 9.35. The molecule has 140 valence electrons. The predicted molar refractivity (Wildman–Crippen MR) is 107 cm³/mol. The number of aryl methyl sites for hydroxylation is 2. The number of sulfonamides is 1. The molecule has 0 spiro atoms. The van der Waals surface area contributed by atoms with Crippen molar-refractivity contribution in [1.82, 2.24) is 4.72 Å². The number of guanidine groups is 1. The maximum absolute atomic E-state index is 12.1. The first-order valence-corrected chi connectivity index (χ1v) is 10.2. The number of anilines is 1. The van der Waals surface area contributed by atoms with E-state index in [0.717, 1.165) is 18.5 Å². The number of nitrogens with two attached hydrogens (primary N) is 1. The zero-order valence-corrected chi connectivity index (χ0v) is 16.0. The molecule has 0 fully saturated rings. The van der Waals surface area contributed by atoms with Crippen molar-refractivity contribution < 1.29 is 8.42 Å². The van der Waals surface area contributed by atoms with Crippen molar-refractivity contribution in [3.63, 3.8) is 0 Å². The Kier molecular flexibility index (Phi) is 7.17. The van der Waals surface area contributed by atoms with Crippen molar-refractivity contribution in [3.8, 4) is 0 Å². The van der Waals surface area contributed by atoms with Crippen molar-refractivity contribution in [2.75, 3.05) is 18.4 Å². The van der Waals surface area contributed by atoms with Crippen LogP contribution in [0.4, 0.5) is 5.69 Å². The Morgan fingerprint density at radius 1 is 1.00 bits per heavy atom. The van der Waals surface area contributed by atoms with Crippen LogP contribution in [0.5, 0.6) is 0 Å². The molecular weight excluding hydrogens is 348 g/mol. The van der Waals surface area contributed by atoms with Gasteiger partial charge in [-0.1, -0.05) is 50.2 Å². The van der Waals surface area contributed by atoms with E-state index in [0.29, 0.717) is 0 Å². The number of rotatable bonds is 8. The molecule has 2 rings (SSSR count). The molecule has 6 nitrogen and oxygen atoms in total. The second-order valence-corrected chi connectivity index (χ2v) is 7.53. The zero-order chi connectivity index (χ0) is 19.0. The number of aliphatic imine (C=N–C) groups is 1. The molecule has 0 saturated heterocycles. The van der Waals surface area contributed by atoms with Gasteiger partial charge in [-0.15, -0.1) is 0 Å². The summed E-state index contributed by atoms with van der Waals surface area (Å²) in [6.07, 6.45) is 1.78. The van der Waals surface area contributed by atoms with E-state index in [9.17, 15) is 8.42 Å². The van der Waals surface area contributed by atoms with E-state index in [4.69, 9.17) is 5.73 Å². The van der Waals surface area contributed by atoms with E-state index in [1.54, 1.807) is 30.3 Å². The van der Waals surface area contributed by atoms with Gasteiger partial charge in [0.1, 0.15) is 0 Å². The summed E-state index contributed by atoms with van der Waals surface area (Å²) in [6, 6.07) is 14.4. The minimum Gasteiger partial charge on any atom is -0.370 e. The van der Waals surface area contributed by atoms with Gasteiger partial charge in [0, 0.05) is 12.2 Å². The lowest BCUT2D eigenvalue weighted by atomic mass is 10.0. The third-order valence-corrected chi connectivity index (χ3v) is 5.47. The molecule has 0 aliphatic carbocycles. The van der Waals surface area contributed by atoms with Gasteiger partial charge in [-0.2, -0.15) is 0 Å². The van der Waals surface area contributed by atoms with Crippen LogP contribution >= 0.6 is 0 Å². The number of benzene rings is 2. The molecule has 7 heteroatoms. The molecule has 0 unspecified atom stereocenters. The zero-order valence-electron chi connectivity index (χ0n) is 15.2. The number of nitrogens with one attached hydrogen (secondary N) is 2. The number of para-hydroxylation sites is 1. The highest BCUT2D eigenvalue weighted by atomic mass is 32.2. The normalized spacial score (nSPS) is 12.2. The second-order valence-electron chi connectivity index (χ2n) is 5.76. The average Bonchev–Trinajstić information content (AvgIpc) is 2.66. The first kappa shape index (κ1) is 19.9. The SMILES string of the molecule is CCc1cccc(CC)c1NC(N)=NCCNS(=O)(=O)c1ccccc1. The molecule has 26 heavy (non-hydrogen) atoms. The Hall–Kier alpha value is -2.38. The van der Waals surface area contributed by atoms with Crippen molar-refractivity contribution in [3.05, 3.63) is 59.7 Å². The Morgan fingerprint density at radius 3 is 2.19 bits per heavy atom.